The van der Waals surface area contributed by atoms with Crippen LogP contribution in [0.4, 0.5) is 11.4 Å². The molecule has 6 heterocycles. The van der Waals surface area contributed by atoms with Gasteiger partial charge in [0.05, 0.1) is 85.7 Å². The third kappa shape index (κ3) is 7.73. The van der Waals surface area contributed by atoms with E-state index in [0.717, 1.165) is 65.9 Å². The summed E-state index contributed by atoms with van der Waals surface area (Å²) in [7, 11) is -4.49. The summed E-state index contributed by atoms with van der Waals surface area (Å²) in [5, 5.41) is 10.7. The van der Waals surface area contributed by atoms with Crippen LogP contribution in [0.3, 0.4) is 0 Å². The molecule has 3 aromatic carbocycles. The average molecular weight is 953 g/mol. The van der Waals surface area contributed by atoms with E-state index in [1.165, 1.54) is 5.06 Å². The summed E-state index contributed by atoms with van der Waals surface area (Å²) in [6.07, 6.45) is 7.86. The molecule has 0 radical (unpaired) electrons. The molecule has 14 nitrogen and oxygen atoms in total. The zero-order chi connectivity index (χ0) is 46.2. The molecule has 1 spiro atoms. The van der Waals surface area contributed by atoms with Crippen LogP contribution in [0.2, 0.25) is 10.0 Å². The number of carbonyl (C=O) groups is 2. The van der Waals surface area contributed by atoms with Gasteiger partial charge >= 0.3 is 5.97 Å². The van der Waals surface area contributed by atoms with E-state index in [9.17, 15) is 17.8 Å². The molecule has 6 aliphatic heterocycles. The Morgan fingerprint density at radius 1 is 0.785 bits per heavy atom. The van der Waals surface area contributed by atoms with Crippen molar-refractivity contribution in [3.63, 3.8) is 0 Å². The highest BCUT2D eigenvalue weighted by Gasteiger charge is 2.61. The number of benzene rings is 3. The molecule has 0 aromatic heterocycles. The van der Waals surface area contributed by atoms with Crippen molar-refractivity contribution in [2.75, 3.05) is 74.9 Å². The number of fused-ring (bicyclic) bond motifs is 8. The minimum Gasteiger partial charge on any atom is -0.481 e. The van der Waals surface area contributed by atoms with Gasteiger partial charge in [-0.3, -0.25) is 19.0 Å². The summed E-state index contributed by atoms with van der Waals surface area (Å²) in [5.41, 5.74) is 6.37. The van der Waals surface area contributed by atoms with Crippen LogP contribution < -0.4 is 14.5 Å². The SMILES string of the molecule is CCC1=CC(C)(C)N2CCCc3c4c(cc1c32)C1(c2cc3c5c(c2O4)CCCN5C(C)(C)C=C3CS(=O)(=O)O)c2c(Cl)ccc(Cl)c2C(=O)N1OCCOCCOCCOCCC(=O)O. The van der Waals surface area contributed by atoms with Gasteiger partial charge < -0.3 is 33.9 Å². The van der Waals surface area contributed by atoms with Crippen LogP contribution >= 0.6 is 23.2 Å². The largest absolute Gasteiger partial charge is 0.481 e. The van der Waals surface area contributed by atoms with Gasteiger partial charge in [-0.25, -0.2) is 0 Å². The standard InChI is InChI=1S/C48H55Cl2N3O11S/c1-6-28-25-46(2,3)51-14-7-9-30-41(51)32(28)23-34-43(30)64-44-31-10-8-15-52-42(31)33(29(26-47(52,4)5)27-65(57,58)59)24-35(44)48(34)40-37(50)12-11-36(49)39(40)45(56)53(48)63-22-21-62-20-19-61-18-17-60-16-13-38(54)55/h11-12,23-26H,6-10,13-22,27H2,1-5H3,(H,54,55)(H,57,58,59). The maximum absolute atomic E-state index is 15.3. The van der Waals surface area contributed by atoms with E-state index >= 15 is 4.79 Å². The normalized spacial score (nSPS) is 20.7. The van der Waals surface area contributed by atoms with Crippen LogP contribution in [0.25, 0.3) is 11.1 Å². The van der Waals surface area contributed by atoms with Gasteiger partial charge in [0.2, 0.25) is 0 Å². The third-order valence-corrected chi connectivity index (χ3v) is 14.8. The van der Waals surface area contributed by atoms with E-state index < -0.39 is 38.8 Å². The Morgan fingerprint density at radius 3 is 1.83 bits per heavy atom. The summed E-state index contributed by atoms with van der Waals surface area (Å²) in [6, 6.07) is 7.34. The number of hydrogen-bond donors (Lipinski definition) is 2. The minimum absolute atomic E-state index is 0.0614. The fourth-order valence-corrected chi connectivity index (χ4v) is 12.2. The summed E-state index contributed by atoms with van der Waals surface area (Å²) < 4.78 is 60.2. The lowest BCUT2D eigenvalue weighted by molar-refractivity contribution is -0.171. The second-order valence-corrected chi connectivity index (χ2v) is 20.8. The Bertz CT molecular complexity index is 2660. The number of ether oxygens (including phenoxy) is 4. The molecule has 6 aliphatic rings. The van der Waals surface area contributed by atoms with Gasteiger partial charge in [0.1, 0.15) is 17.3 Å². The molecule has 0 bridgehead atoms. The second kappa shape index (κ2) is 17.2. The van der Waals surface area contributed by atoms with Crippen molar-refractivity contribution in [3.8, 4) is 11.5 Å². The molecular formula is C48H55Cl2N3O11S. The average Bonchev–Trinajstić information content (AvgIpc) is 3.50. The Labute approximate surface area is 389 Å². The first-order valence-corrected chi connectivity index (χ1v) is 24.7. The number of rotatable bonds is 16. The fourth-order valence-electron chi connectivity index (χ4n) is 11.0. The van der Waals surface area contributed by atoms with E-state index in [4.69, 9.17) is 52.1 Å². The minimum atomic E-state index is -4.49. The number of carboxylic acid groups (broad SMARTS) is 1. The van der Waals surface area contributed by atoms with Crippen molar-refractivity contribution >= 4 is 67.7 Å². The maximum atomic E-state index is 15.3. The van der Waals surface area contributed by atoms with Crippen LogP contribution in [0.15, 0.2) is 36.4 Å². The molecule has 1 atom stereocenters. The Balaban J connectivity index is 1.22. The highest BCUT2D eigenvalue weighted by atomic mass is 35.5. The van der Waals surface area contributed by atoms with Crippen LogP contribution in [0, 0.1) is 0 Å². The highest BCUT2D eigenvalue weighted by Crippen LogP contribution is 2.65. The molecule has 0 saturated carbocycles. The predicted molar refractivity (Wildman–Crippen MR) is 248 cm³/mol. The van der Waals surface area contributed by atoms with Crippen LogP contribution in [-0.2, 0) is 52.3 Å². The van der Waals surface area contributed by atoms with Crippen LogP contribution in [0.5, 0.6) is 11.5 Å². The van der Waals surface area contributed by atoms with Gasteiger partial charge in [-0.15, -0.1) is 0 Å². The quantitative estimate of drug-likeness (QED) is 0.104. The molecule has 348 valence electrons. The van der Waals surface area contributed by atoms with Gasteiger partial charge in [-0.05, 0) is 95.2 Å². The molecule has 0 aliphatic carbocycles. The number of amides is 1. The monoisotopic (exact) mass is 951 g/mol. The first-order valence-electron chi connectivity index (χ1n) is 22.3. The number of carboxylic acids is 1. The molecule has 9 rings (SSSR count). The van der Waals surface area contributed by atoms with Crippen molar-refractivity contribution in [1.29, 1.82) is 0 Å². The lowest BCUT2D eigenvalue weighted by Crippen LogP contribution is -2.51. The predicted octanol–water partition coefficient (Wildman–Crippen LogP) is 8.46. The van der Waals surface area contributed by atoms with Gasteiger partial charge in [0.15, 0.2) is 5.54 Å². The summed E-state index contributed by atoms with van der Waals surface area (Å²) in [5.74, 6) is -0.890. The Hall–Kier alpha value is -4.19. The van der Waals surface area contributed by atoms with E-state index in [1.54, 1.807) is 12.1 Å². The van der Waals surface area contributed by atoms with Crippen LogP contribution in [0.1, 0.15) is 110 Å². The first-order chi connectivity index (χ1) is 30.9. The van der Waals surface area contributed by atoms with Crippen molar-refractivity contribution < 1.29 is 51.5 Å². The summed E-state index contributed by atoms with van der Waals surface area (Å²) in [4.78, 5) is 37.5. The lowest BCUT2D eigenvalue weighted by Gasteiger charge is -2.51. The molecule has 2 N–H and O–H groups in total. The zero-order valence-corrected chi connectivity index (χ0v) is 39.7. The number of allylic oxidation sites excluding steroid dienone is 1. The molecule has 17 heteroatoms. The number of anilines is 2. The second-order valence-electron chi connectivity index (χ2n) is 18.5. The van der Waals surface area contributed by atoms with Gasteiger partial charge in [-0.2, -0.15) is 13.5 Å². The van der Waals surface area contributed by atoms with Gasteiger partial charge in [-0.1, -0.05) is 42.3 Å². The van der Waals surface area contributed by atoms with E-state index in [-0.39, 0.29) is 73.8 Å². The number of aliphatic carboxylic acids is 1. The number of halogens is 2. The topological polar surface area (TPSA) is 165 Å². The number of hydroxylamine groups is 2. The molecule has 65 heavy (non-hydrogen) atoms. The summed E-state index contributed by atoms with van der Waals surface area (Å²) in [6.45, 7) is 13.4. The van der Waals surface area contributed by atoms with Crippen molar-refractivity contribution in [1.82, 2.24) is 5.06 Å². The first kappa shape index (κ1) is 45.9. The molecule has 1 amide bonds. The molecule has 0 saturated heterocycles. The fraction of sp³-hybridized carbons (Fsp3) is 0.500. The Morgan fingerprint density at radius 2 is 1.29 bits per heavy atom. The maximum Gasteiger partial charge on any atom is 0.305 e. The number of hydrogen-bond acceptors (Lipinski definition) is 11. The van der Waals surface area contributed by atoms with Crippen molar-refractivity contribution in [2.24, 2.45) is 0 Å². The molecule has 3 aromatic rings. The summed E-state index contributed by atoms with van der Waals surface area (Å²) >= 11 is 14.5. The number of carbonyl (C=O) groups excluding carboxylic acids is 1. The van der Waals surface area contributed by atoms with Crippen LogP contribution in [-0.4, -0.2) is 111 Å². The molecule has 0 fully saturated rings. The molecular weight excluding hydrogens is 898 g/mol. The Kier molecular flexibility index (Phi) is 12.1. The highest BCUT2D eigenvalue weighted by molar-refractivity contribution is 7.86. The van der Waals surface area contributed by atoms with E-state index in [1.807, 2.05) is 26.0 Å². The number of nitrogens with zero attached hydrogens (tertiary/aromatic N) is 3. The van der Waals surface area contributed by atoms with Gasteiger partial charge in [0.25, 0.3) is 16.0 Å². The third-order valence-electron chi connectivity index (χ3n) is 13.5. The van der Waals surface area contributed by atoms with E-state index in [0.29, 0.717) is 52.3 Å². The van der Waals surface area contributed by atoms with Crippen molar-refractivity contribution in [2.45, 2.75) is 89.8 Å². The van der Waals surface area contributed by atoms with E-state index in [2.05, 4.69) is 42.7 Å². The zero-order valence-electron chi connectivity index (χ0n) is 37.4. The lowest BCUT2D eigenvalue weighted by atomic mass is 9.70. The van der Waals surface area contributed by atoms with Crippen molar-refractivity contribution in [3.05, 3.63) is 91.0 Å². The van der Waals surface area contributed by atoms with Gasteiger partial charge in [0, 0.05) is 57.1 Å². The molecule has 1 unspecified atom stereocenters. The smallest absolute Gasteiger partial charge is 0.305 e.